The number of benzene rings is 1. The molecule has 4 rings (SSSR count). The van der Waals surface area contributed by atoms with Gasteiger partial charge in [0.25, 0.3) is 5.91 Å². The summed E-state index contributed by atoms with van der Waals surface area (Å²) in [5.41, 5.74) is 0.998. The Hall–Kier alpha value is -2.34. The van der Waals surface area contributed by atoms with Crippen LogP contribution in [0, 0.1) is 0 Å². The lowest BCUT2D eigenvalue weighted by Crippen LogP contribution is -2.23. The van der Waals surface area contributed by atoms with Crippen molar-refractivity contribution in [3.05, 3.63) is 46.8 Å². The number of furan rings is 1. The molecule has 1 aromatic carbocycles. The second-order valence-electron chi connectivity index (χ2n) is 5.25. The number of halogens is 1. The molecule has 6 nitrogen and oxygen atoms in total. The second-order valence-corrected chi connectivity index (χ2v) is 5.66. The third-order valence-electron chi connectivity index (χ3n) is 3.62. The molecule has 3 aromatic rings. The summed E-state index contributed by atoms with van der Waals surface area (Å²) >= 11 is 6.03. The zero-order valence-corrected chi connectivity index (χ0v) is 12.3. The quantitative estimate of drug-likeness (QED) is 0.798. The molecule has 1 fully saturated rings. The van der Waals surface area contributed by atoms with E-state index in [-0.39, 0.29) is 12.5 Å². The summed E-state index contributed by atoms with van der Waals surface area (Å²) in [5.74, 6) is 1.23. The van der Waals surface area contributed by atoms with E-state index in [4.69, 9.17) is 20.4 Å². The second kappa shape index (κ2) is 5.14. The third-order valence-corrected chi connectivity index (χ3v) is 3.92. The molecule has 1 aliphatic rings. The lowest BCUT2D eigenvalue weighted by Gasteiger charge is -2.04. The highest BCUT2D eigenvalue weighted by Gasteiger charge is 2.29. The van der Waals surface area contributed by atoms with Crippen molar-refractivity contribution in [3.8, 4) is 0 Å². The Labute approximate surface area is 130 Å². The first-order valence-electron chi connectivity index (χ1n) is 6.98. The van der Waals surface area contributed by atoms with Gasteiger partial charge in [0.15, 0.2) is 5.58 Å². The Kier molecular flexibility index (Phi) is 3.11. The predicted octanol–water partition coefficient (Wildman–Crippen LogP) is 3.28. The molecule has 0 atom stereocenters. The smallest absolute Gasteiger partial charge is 0.252 e. The number of hydrogen-bond donors (Lipinski definition) is 1. The summed E-state index contributed by atoms with van der Waals surface area (Å²) < 4.78 is 10.8. The van der Waals surface area contributed by atoms with E-state index in [9.17, 15) is 4.79 Å². The summed E-state index contributed by atoms with van der Waals surface area (Å²) in [6.45, 7) is 0.195. The van der Waals surface area contributed by atoms with Gasteiger partial charge < -0.3 is 14.2 Å². The van der Waals surface area contributed by atoms with Crippen LogP contribution < -0.4 is 5.32 Å². The van der Waals surface area contributed by atoms with Gasteiger partial charge in [-0.2, -0.15) is 0 Å². The summed E-state index contributed by atoms with van der Waals surface area (Å²) in [4.78, 5) is 12.3. The Morgan fingerprint density at radius 2 is 2.18 bits per heavy atom. The van der Waals surface area contributed by atoms with Gasteiger partial charge in [-0.25, -0.2) is 0 Å². The number of hydrogen-bond acceptors (Lipinski definition) is 5. The molecule has 0 unspecified atom stereocenters. The molecule has 0 aliphatic heterocycles. The molecule has 2 heterocycles. The van der Waals surface area contributed by atoms with E-state index in [1.165, 1.54) is 6.26 Å². The molecule has 0 saturated heterocycles. The van der Waals surface area contributed by atoms with Gasteiger partial charge in [-0.05, 0) is 31.0 Å². The molecule has 2 aromatic heterocycles. The fourth-order valence-electron chi connectivity index (χ4n) is 2.31. The minimum atomic E-state index is -0.241. The van der Waals surface area contributed by atoms with Gasteiger partial charge in [0, 0.05) is 11.3 Å². The summed E-state index contributed by atoms with van der Waals surface area (Å²) in [7, 11) is 0. The first kappa shape index (κ1) is 13.3. The normalized spacial score (nSPS) is 14.4. The highest BCUT2D eigenvalue weighted by atomic mass is 35.5. The predicted molar refractivity (Wildman–Crippen MR) is 78.7 cm³/mol. The minimum absolute atomic E-state index is 0.195. The van der Waals surface area contributed by atoms with Gasteiger partial charge >= 0.3 is 0 Å². The number of carbonyl (C=O) groups excluding carboxylic acids is 1. The highest BCUT2D eigenvalue weighted by molar-refractivity contribution is 6.35. The molecule has 22 heavy (non-hydrogen) atoms. The molecular weight excluding hydrogens is 306 g/mol. The average molecular weight is 318 g/mol. The minimum Gasteiger partial charge on any atom is -0.463 e. The molecule has 112 valence electrons. The first-order valence-corrected chi connectivity index (χ1v) is 7.36. The van der Waals surface area contributed by atoms with Crippen LogP contribution in [0.2, 0.25) is 5.02 Å². The SMILES string of the molecule is O=C(NCc1nnc(C2CC2)o1)c1ccc(Cl)c2occc12. The zero-order valence-electron chi connectivity index (χ0n) is 11.5. The zero-order chi connectivity index (χ0) is 15.1. The van der Waals surface area contributed by atoms with E-state index in [0.717, 1.165) is 12.8 Å². The molecule has 1 saturated carbocycles. The van der Waals surface area contributed by atoms with Crippen molar-refractivity contribution >= 4 is 28.5 Å². The van der Waals surface area contributed by atoms with Gasteiger partial charge in [-0.3, -0.25) is 4.79 Å². The fraction of sp³-hybridized carbons (Fsp3) is 0.267. The van der Waals surface area contributed by atoms with E-state index in [1.807, 2.05) is 0 Å². The van der Waals surface area contributed by atoms with Crippen molar-refractivity contribution in [2.75, 3.05) is 0 Å². The van der Waals surface area contributed by atoms with Crippen LogP contribution in [0.5, 0.6) is 0 Å². The molecule has 0 bridgehead atoms. The molecule has 7 heteroatoms. The van der Waals surface area contributed by atoms with Gasteiger partial charge in [-0.15, -0.1) is 10.2 Å². The Morgan fingerprint density at radius 3 is 3.00 bits per heavy atom. The molecule has 1 amide bonds. The third kappa shape index (κ3) is 2.35. The number of nitrogens with one attached hydrogen (secondary N) is 1. The number of carbonyl (C=O) groups is 1. The van der Waals surface area contributed by atoms with Crippen molar-refractivity contribution in [2.24, 2.45) is 0 Å². The molecule has 1 aliphatic carbocycles. The Morgan fingerprint density at radius 1 is 1.32 bits per heavy atom. The van der Waals surface area contributed by atoms with E-state index in [1.54, 1.807) is 18.2 Å². The van der Waals surface area contributed by atoms with E-state index >= 15 is 0 Å². The Balaban J connectivity index is 1.50. The monoisotopic (exact) mass is 317 g/mol. The van der Waals surface area contributed by atoms with Crippen LogP contribution in [0.4, 0.5) is 0 Å². The van der Waals surface area contributed by atoms with Crippen LogP contribution in [-0.4, -0.2) is 16.1 Å². The van der Waals surface area contributed by atoms with Crippen molar-refractivity contribution in [2.45, 2.75) is 25.3 Å². The summed E-state index contributed by atoms with van der Waals surface area (Å²) in [5, 5.41) is 11.8. The number of rotatable bonds is 4. The molecule has 1 N–H and O–H groups in total. The molecule has 0 spiro atoms. The van der Waals surface area contributed by atoms with Crippen LogP contribution in [0.3, 0.4) is 0 Å². The largest absolute Gasteiger partial charge is 0.463 e. The van der Waals surface area contributed by atoms with E-state index in [2.05, 4.69) is 15.5 Å². The van der Waals surface area contributed by atoms with Crippen LogP contribution in [0.15, 0.2) is 33.3 Å². The molecular formula is C15H12ClN3O3. The maximum atomic E-state index is 12.3. The Bertz CT molecular complexity index is 851. The fourth-order valence-corrected chi connectivity index (χ4v) is 2.52. The van der Waals surface area contributed by atoms with E-state index < -0.39 is 0 Å². The van der Waals surface area contributed by atoms with Crippen molar-refractivity contribution < 1.29 is 13.6 Å². The van der Waals surface area contributed by atoms with Crippen LogP contribution in [0.1, 0.15) is 40.9 Å². The van der Waals surface area contributed by atoms with Crippen molar-refractivity contribution in [1.29, 1.82) is 0 Å². The van der Waals surface area contributed by atoms with Crippen molar-refractivity contribution in [1.82, 2.24) is 15.5 Å². The van der Waals surface area contributed by atoms with Gasteiger partial charge in [0.2, 0.25) is 11.8 Å². The maximum absolute atomic E-state index is 12.3. The lowest BCUT2D eigenvalue weighted by atomic mass is 10.1. The average Bonchev–Trinajstić information content (AvgIpc) is 3.06. The topological polar surface area (TPSA) is 81.2 Å². The first-order chi connectivity index (χ1) is 10.7. The van der Waals surface area contributed by atoms with Gasteiger partial charge in [0.05, 0.1) is 23.4 Å². The van der Waals surface area contributed by atoms with Crippen molar-refractivity contribution in [3.63, 3.8) is 0 Å². The van der Waals surface area contributed by atoms with E-state index in [0.29, 0.717) is 39.3 Å². The highest BCUT2D eigenvalue weighted by Crippen LogP contribution is 2.39. The number of fused-ring (bicyclic) bond motifs is 1. The lowest BCUT2D eigenvalue weighted by molar-refractivity contribution is 0.0948. The van der Waals surface area contributed by atoms with Crippen LogP contribution in [0.25, 0.3) is 11.0 Å². The van der Waals surface area contributed by atoms with Crippen LogP contribution >= 0.6 is 11.6 Å². The number of amides is 1. The standard InChI is InChI=1S/C15H12ClN3O3/c16-11-4-3-10(9-5-6-21-13(9)11)14(20)17-7-12-18-19-15(22-12)8-1-2-8/h3-6,8H,1-2,7H2,(H,17,20). The molecule has 0 radical (unpaired) electrons. The van der Waals surface area contributed by atoms with Gasteiger partial charge in [0.1, 0.15) is 0 Å². The maximum Gasteiger partial charge on any atom is 0.252 e. The summed E-state index contributed by atoms with van der Waals surface area (Å²) in [6.07, 6.45) is 3.70. The van der Waals surface area contributed by atoms with Crippen LogP contribution in [-0.2, 0) is 6.54 Å². The van der Waals surface area contributed by atoms with Gasteiger partial charge in [-0.1, -0.05) is 11.6 Å². The number of aromatic nitrogens is 2. The summed E-state index contributed by atoms with van der Waals surface area (Å²) in [6, 6.07) is 5.02. The number of nitrogens with zero attached hydrogens (tertiary/aromatic N) is 2.